The molecule has 0 radical (unpaired) electrons. The highest BCUT2D eigenvalue weighted by Crippen LogP contribution is 2.10. The Morgan fingerprint density at radius 1 is 0.963 bits per heavy atom. The van der Waals surface area contributed by atoms with E-state index in [1.165, 1.54) is 23.9 Å². The van der Waals surface area contributed by atoms with Gasteiger partial charge in [-0.1, -0.05) is 18.2 Å². The van der Waals surface area contributed by atoms with Crippen LogP contribution in [-0.2, 0) is 11.3 Å². The van der Waals surface area contributed by atoms with Crippen molar-refractivity contribution in [3.63, 3.8) is 0 Å². The molecule has 1 aliphatic rings. The molecule has 0 spiro atoms. The van der Waals surface area contributed by atoms with E-state index in [9.17, 15) is 14.4 Å². The molecule has 2 heterocycles. The summed E-state index contributed by atoms with van der Waals surface area (Å²) in [6, 6.07) is 11.9. The lowest BCUT2D eigenvalue weighted by Crippen LogP contribution is -2.51. The molecule has 0 N–H and O–H groups in total. The van der Waals surface area contributed by atoms with Gasteiger partial charge in [-0.15, -0.1) is 0 Å². The molecule has 27 heavy (non-hydrogen) atoms. The van der Waals surface area contributed by atoms with Crippen molar-refractivity contribution in [2.24, 2.45) is 0 Å². The van der Waals surface area contributed by atoms with Crippen LogP contribution in [0.2, 0.25) is 0 Å². The molecule has 0 aliphatic carbocycles. The van der Waals surface area contributed by atoms with Gasteiger partial charge in [0.25, 0.3) is 17.4 Å². The van der Waals surface area contributed by atoms with Gasteiger partial charge in [0.2, 0.25) is 0 Å². The summed E-state index contributed by atoms with van der Waals surface area (Å²) in [5, 5.41) is 4.14. The van der Waals surface area contributed by atoms with Gasteiger partial charge in [-0.05, 0) is 18.2 Å². The molecule has 1 aliphatic heterocycles. The van der Waals surface area contributed by atoms with Crippen molar-refractivity contribution in [1.29, 1.82) is 0 Å². The van der Waals surface area contributed by atoms with E-state index in [2.05, 4.69) is 5.10 Å². The summed E-state index contributed by atoms with van der Waals surface area (Å²) in [4.78, 5) is 40.4. The SMILES string of the molecule is COCCn1nc(C(=O)N2CCN(C(=O)c3ccccc3)CC2)ccc1=O. The molecule has 0 saturated carbocycles. The molecule has 0 unspecified atom stereocenters. The molecule has 1 fully saturated rings. The maximum Gasteiger partial charge on any atom is 0.274 e. The Balaban J connectivity index is 1.63. The topological polar surface area (TPSA) is 84.7 Å². The van der Waals surface area contributed by atoms with E-state index >= 15 is 0 Å². The van der Waals surface area contributed by atoms with Gasteiger partial charge in [-0.25, -0.2) is 4.68 Å². The van der Waals surface area contributed by atoms with E-state index in [0.717, 1.165) is 0 Å². The average molecular weight is 370 g/mol. The highest BCUT2D eigenvalue weighted by atomic mass is 16.5. The fraction of sp³-hybridized carbons (Fsp3) is 0.368. The quantitative estimate of drug-likeness (QED) is 0.765. The highest BCUT2D eigenvalue weighted by molar-refractivity contribution is 5.95. The Hall–Kier alpha value is -3.00. The van der Waals surface area contributed by atoms with Crippen LogP contribution in [0.15, 0.2) is 47.3 Å². The number of aromatic nitrogens is 2. The summed E-state index contributed by atoms with van der Waals surface area (Å²) in [6.07, 6.45) is 0. The molecule has 1 aromatic carbocycles. The second kappa shape index (κ2) is 8.59. The normalized spacial score (nSPS) is 14.3. The van der Waals surface area contributed by atoms with Gasteiger partial charge in [0.05, 0.1) is 13.2 Å². The lowest BCUT2D eigenvalue weighted by Gasteiger charge is -2.34. The predicted molar refractivity (Wildman–Crippen MR) is 98.6 cm³/mol. The minimum Gasteiger partial charge on any atom is -0.383 e. The average Bonchev–Trinajstić information content (AvgIpc) is 2.73. The summed E-state index contributed by atoms with van der Waals surface area (Å²) in [7, 11) is 1.54. The number of hydrogen-bond acceptors (Lipinski definition) is 5. The summed E-state index contributed by atoms with van der Waals surface area (Å²) >= 11 is 0. The van der Waals surface area contributed by atoms with Gasteiger partial charge < -0.3 is 14.5 Å². The van der Waals surface area contributed by atoms with Gasteiger partial charge in [-0.2, -0.15) is 5.10 Å². The molecule has 1 aromatic heterocycles. The summed E-state index contributed by atoms with van der Waals surface area (Å²) in [6.45, 7) is 2.40. The Bertz CT molecular complexity index is 858. The minimum atomic E-state index is -0.276. The second-order valence-corrected chi connectivity index (χ2v) is 6.22. The number of carbonyl (C=O) groups is 2. The second-order valence-electron chi connectivity index (χ2n) is 6.22. The van der Waals surface area contributed by atoms with Gasteiger partial charge >= 0.3 is 0 Å². The van der Waals surface area contributed by atoms with Crippen LogP contribution < -0.4 is 5.56 Å². The van der Waals surface area contributed by atoms with Crippen molar-refractivity contribution in [2.45, 2.75) is 6.54 Å². The molecule has 1 saturated heterocycles. The summed E-state index contributed by atoms with van der Waals surface area (Å²) in [5.41, 5.74) is 0.583. The van der Waals surface area contributed by atoms with Crippen LogP contribution in [0, 0.1) is 0 Å². The first-order chi connectivity index (χ1) is 13.1. The maximum absolute atomic E-state index is 12.7. The third-order valence-corrected chi connectivity index (χ3v) is 4.47. The zero-order valence-electron chi connectivity index (χ0n) is 15.2. The zero-order valence-corrected chi connectivity index (χ0v) is 15.2. The molecular weight excluding hydrogens is 348 g/mol. The standard InChI is InChI=1S/C19H22N4O4/c1-27-14-13-23-17(24)8-7-16(20-23)19(26)22-11-9-21(10-12-22)18(25)15-5-3-2-4-6-15/h2-8H,9-14H2,1H3. The molecule has 2 amide bonds. The van der Waals surface area contributed by atoms with Crippen LogP contribution in [0.4, 0.5) is 0 Å². The molecule has 8 heteroatoms. The van der Waals surface area contributed by atoms with Crippen LogP contribution >= 0.6 is 0 Å². The van der Waals surface area contributed by atoms with E-state index < -0.39 is 0 Å². The van der Waals surface area contributed by atoms with E-state index in [1.54, 1.807) is 21.9 Å². The summed E-state index contributed by atoms with van der Waals surface area (Å²) in [5.74, 6) is -0.276. The van der Waals surface area contributed by atoms with Gasteiger partial charge in [0.1, 0.15) is 5.69 Å². The van der Waals surface area contributed by atoms with Gasteiger partial charge in [0, 0.05) is 44.9 Å². The summed E-state index contributed by atoms with van der Waals surface area (Å²) < 4.78 is 6.18. The molecule has 8 nitrogen and oxygen atoms in total. The van der Waals surface area contributed by atoms with Gasteiger partial charge in [0.15, 0.2) is 0 Å². The first kappa shape index (κ1) is 18.8. The highest BCUT2D eigenvalue weighted by Gasteiger charge is 2.26. The number of piperazine rings is 1. The lowest BCUT2D eigenvalue weighted by molar-refractivity contribution is 0.0530. The van der Waals surface area contributed by atoms with Crippen LogP contribution in [0.1, 0.15) is 20.8 Å². The Kier molecular flexibility index (Phi) is 5.97. The maximum atomic E-state index is 12.7. The van der Waals surface area contributed by atoms with Crippen molar-refractivity contribution in [2.75, 3.05) is 39.9 Å². The van der Waals surface area contributed by atoms with E-state index in [4.69, 9.17) is 4.74 Å². The number of carbonyl (C=O) groups excluding carboxylic acids is 2. The predicted octanol–water partition coefficient (Wildman–Crippen LogP) is 0.488. The van der Waals surface area contributed by atoms with Crippen LogP contribution in [-0.4, -0.2) is 71.3 Å². The van der Waals surface area contributed by atoms with Crippen LogP contribution in [0.5, 0.6) is 0 Å². The molecule has 0 bridgehead atoms. The number of amides is 2. The van der Waals surface area contributed by atoms with Crippen molar-refractivity contribution in [1.82, 2.24) is 19.6 Å². The smallest absolute Gasteiger partial charge is 0.274 e. The number of methoxy groups -OCH3 is 1. The van der Waals surface area contributed by atoms with Crippen LogP contribution in [0.25, 0.3) is 0 Å². The first-order valence-electron chi connectivity index (χ1n) is 8.81. The van der Waals surface area contributed by atoms with E-state index in [-0.39, 0.29) is 29.6 Å². The molecule has 142 valence electrons. The fourth-order valence-electron chi connectivity index (χ4n) is 2.94. The Morgan fingerprint density at radius 2 is 1.59 bits per heavy atom. The largest absolute Gasteiger partial charge is 0.383 e. The lowest BCUT2D eigenvalue weighted by atomic mass is 10.2. The van der Waals surface area contributed by atoms with Crippen molar-refractivity contribution < 1.29 is 14.3 Å². The van der Waals surface area contributed by atoms with Crippen molar-refractivity contribution >= 4 is 11.8 Å². The molecule has 2 aromatic rings. The number of hydrogen-bond donors (Lipinski definition) is 0. The van der Waals surface area contributed by atoms with E-state index in [1.807, 2.05) is 18.2 Å². The number of benzene rings is 1. The Morgan fingerprint density at radius 3 is 2.22 bits per heavy atom. The Labute approximate surface area is 157 Å². The minimum absolute atomic E-state index is 0.0334. The van der Waals surface area contributed by atoms with E-state index in [0.29, 0.717) is 38.3 Å². The van der Waals surface area contributed by atoms with Crippen molar-refractivity contribution in [3.8, 4) is 0 Å². The van der Waals surface area contributed by atoms with Gasteiger partial charge in [-0.3, -0.25) is 14.4 Å². The third kappa shape index (κ3) is 4.40. The van der Waals surface area contributed by atoms with Crippen molar-refractivity contribution in [3.05, 3.63) is 64.1 Å². The van der Waals surface area contributed by atoms with Crippen LogP contribution in [0.3, 0.4) is 0 Å². The molecule has 0 atom stereocenters. The number of rotatable bonds is 5. The fourth-order valence-corrected chi connectivity index (χ4v) is 2.94. The molecule has 3 rings (SSSR count). The molecular formula is C19H22N4O4. The zero-order chi connectivity index (χ0) is 19.2. The number of nitrogens with zero attached hydrogens (tertiary/aromatic N) is 4. The number of ether oxygens (including phenoxy) is 1. The first-order valence-corrected chi connectivity index (χ1v) is 8.81. The monoisotopic (exact) mass is 370 g/mol. The third-order valence-electron chi connectivity index (χ3n) is 4.47.